The molecule has 1 atom stereocenters. The first-order chi connectivity index (χ1) is 10.0. The van der Waals surface area contributed by atoms with Gasteiger partial charge in [-0.2, -0.15) is 0 Å². The summed E-state index contributed by atoms with van der Waals surface area (Å²) in [7, 11) is 1.16. The topological polar surface area (TPSA) is 88.5 Å². The number of rotatable bonds is 4. The fourth-order valence-electron chi connectivity index (χ4n) is 1.83. The molecule has 1 heterocycles. The Morgan fingerprint density at radius 2 is 2.14 bits per heavy atom. The molecule has 0 bridgehead atoms. The SMILES string of the molecule is COC(=O)C(O)CNC(=O)c1cc(Cl)nc2ccccc12. The van der Waals surface area contributed by atoms with E-state index in [0.29, 0.717) is 16.5 Å². The molecule has 6 nitrogen and oxygen atoms in total. The third-order valence-corrected chi connectivity index (χ3v) is 3.05. The largest absolute Gasteiger partial charge is 0.467 e. The molecule has 0 fully saturated rings. The highest BCUT2D eigenvalue weighted by Gasteiger charge is 2.18. The van der Waals surface area contributed by atoms with Crippen LogP contribution in [0.25, 0.3) is 10.9 Å². The molecule has 1 amide bonds. The van der Waals surface area contributed by atoms with Crippen molar-refractivity contribution in [2.75, 3.05) is 13.7 Å². The summed E-state index contributed by atoms with van der Waals surface area (Å²) in [4.78, 5) is 27.4. The number of pyridine rings is 1. The molecule has 1 aromatic carbocycles. The van der Waals surface area contributed by atoms with E-state index in [1.165, 1.54) is 6.07 Å². The van der Waals surface area contributed by atoms with Crippen LogP contribution in [0.5, 0.6) is 0 Å². The Kier molecular flexibility index (Phi) is 4.72. The summed E-state index contributed by atoms with van der Waals surface area (Å²) in [6.07, 6.45) is -1.41. The van der Waals surface area contributed by atoms with Crippen molar-refractivity contribution in [3.8, 4) is 0 Å². The molecule has 0 radical (unpaired) electrons. The Morgan fingerprint density at radius 3 is 2.86 bits per heavy atom. The minimum absolute atomic E-state index is 0.187. The maximum atomic E-state index is 12.2. The Labute approximate surface area is 125 Å². The number of ether oxygens (including phenoxy) is 1. The van der Waals surface area contributed by atoms with E-state index in [9.17, 15) is 14.7 Å². The van der Waals surface area contributed by atoms with E-state index < -0.39 is 18.0 Å². The molecular weight excluding hydrogens is 296 g/mol. The minimum Gasteiger partial charge on any atom is -0.467 e. The Morgan fingerprint density at radius 1 is 1.43 bits per heavy atom. The van der Waals surface area contributed by atoms with Gasteiger partial charge in [-0.05, 0) is 12.1 Å². The van der Waals surface area contributed by atoms with E-state index in [4.69, 9.17) is 11.6 Å². The number of aliphatic hydroxyl groups is 1. The number of benzene rings is 1. The number of hydrogen-bond acceptors (Lipinski definition) is 5. The van der Waals surface area contributed by atoms with Crippen molar-refractivity contribution in [2.24, 2.45) is 0 Å². The van der Waals surface area contributed by atoms with Crippen molar-refractivity contribution in [3.05, 3.63) is 41.0 Å². The number of nitrogens with zero attached hydrogens (tertiary/aromatic N) is 1. The smallest absolute Gasteiger partial charge is 0.336 e. The summed E-state index contributed by atoms with van der Waals surface area (Å²) in [6, 6.07) is 8.47. The molecular formula is C14H13ClN2O4. The van der Waals surface area contributed by atoms with Crippen molar-refractivity contribution in [1.29, 1.82) is 0 Å². The normalized spacial score (nSPS) is 12.0. The molecule has 21 heavy (non-hydrogen) atoms. The van der Waals surface area contributed by atoms with Gasteiger partial charge in [-0.15, -0.1) is 0 Å². The predicted octanol–water partition coefficient (Wildman–Crippen LogP) is 1.15. The van der Waals surface area contributed by atoms with Gasteiger partial charge in [-0.1, -0.05) is 29.8 Å². The van der Waals surface area contributed by atoms with E-state index in [-0.39, 0.29) is 11.7 Å². The first-order valence-corrected chi connectivity index (χ1v) is 6.50. The van der Waals surface area contributed by atoms with Gasteiger partial charge in [0.1, 0.15) is 5.15 Å². The highest BCUT2D eigenvalue weighted by Crippen LogP contribution is 2.20. The molecule has 0 saturated carbocycles. The van der Waals surface area contributed by atoms with Crippen molar-refractivity contribution >= 4 is 34.4 Å². The number of fused-ring (bicyclic) bond motifs is 1. The van der Waals surface area contributed by atoms with Crippen LogP contribution in [-0.2, 0) is 9.53 Å². The minimum atomic E-state index is -1.41. The maximum absolute atomic E-state index is 12.2. The van der Waals surface area contributed by atoms with Crippen LogP contribution in [0.15, 0.2) is 30.3 Å². The van der Waals surface area contributed by atoms with E-state index in [0.717, 1.165) is 7.11 Å². The molecule has 2 N–H and O–H groups in total. The number of amides is 1. The second-order valence-electron chi connectivity index (χ2n) is 4.26. The average Bonchev–Trinajstić information content (AvgIpc) is 2.50. The van der Waals surface area contributed by atoms with Gasteiger partial charge >= 0.3 is 5.97 Å². The van der Waals surface area contributed by atoms with Crippen LogP contribution < -0.4 is 5.32 Å². The average molecular weight is 309 g/mol. The lowest BCUT2D eigenvalue weighted by Gasteiger charge is -2.11. The molecule has 2 rings (SSSR count). The molecule has 0 saturated heterocycles. The van der Waals surface area contributed by atoms with Gasteiger partial charge in [-0.3, -0.25) is 4.79 Å². The van der Waals surface area contributed by atoms with Crippen molar-refractivity contribution in [2.45, 2.75) is 6.10 Å². The van der Waals surface area contributed by atoms with Gasteiger partial charge in [0.05, 0.1) is 24.7 Å². The number of esters is 1. The van der Waals surface area contributed by atoms with Crippen LogP contribution in [0.3, 0.4) is 0 Å². The van der Waals surface area contributed by atoms with Crippen LogP contribution in [0.2, 0.25) is 5.15 Å². The molecule has 7 heteroatoms. The van der Waals surface area contributed by atoms with Gasteiger partial charge in [0.2, 0.25) is 0 Å². The van der Waals surface area contributed by atoms with Crippen LogP contribution >= 0.6 is 11.6 Å². The third kappa shape index (κ3) is 3.48. The number of halogens is 1. The summed E-state index contributed by atoms with van der Waals surface area (Å²) < 4.78 is 4.37. The molecule has 1 aromatic heterocycles. The quantitative estimate of drug-likeness (QED) is 0.653. The van der Waals surface area contributed by atoms with E-state index >= 15 is 0 Å². The van der Waals surface area contributed by atoms with Gasteiger partial charge < -0.3 is 15.2 Å². The van der Waals surface area contributed by atoms with Gasteiger partial charge in [0.15, 0.2) is 6.10 Å². The van der Waals surface area contributed by atoms with Crippen molar-refractivity contribution < 1.29 is 19.4 Å². The second kappa shape index (κ2) is 6.51. The van der Waals surface area contributed by atoms with Crippen LogP contribution in [0.4, 0.5) is 0 Å². The Balaban J connectivity index is 2.22. The number of hydrogen-bond donors (Lipinski definition) is 2. The molecule has 0 spiro atoms. The number of methoxy groups -OCH3 is 1. The Bertz CT molecular complexity index is 690. The fourth-order valence-corrected chi connectivity index (χ4v) is 2.04. The maximum Gasteiger partial charge on any atom is 0.336 e. The summed E-state index contributed by atoms with van der Waals surface area (Å²) >= 11 is 5.89. The molecule has 0 aliphatic heterocycles. The molecule has 2 aromatic rings. The van der Waals surface area contributed by atoms with Crippen LogP contribution in [0, 0.1) is 0 Å². The standard InChI is InChI=1S/C14H13ClN2O4/c1-21-14(20)11(18)7-16-13(19)9-6-12(15)17-10-5-3-2-4-8(9)10/h2-6,11,18H,7H2,1H3,(H,16,19). The summed E-state index contributed by atoms with van der Waals surface area (Å²) in [5, 5.41) is 12.7. The highest BCUT2D eigenvalue weighted by atomic mass is 35.5. The summed E-state index contributed by atoms with van der Waals surface area (Å²) in [6.45, 7) is -0.250. The lowest BCUT2D eigenvalue weighted by Crippen LogP contribution is -2.37. The van der Waals surface area contributed by atoms with Crippen molar-refractivity contribution in [1.82, 2.24) is 10.3 Å². The number of para-hydroxylation sites is 1. The molecule has 110 valence electrons. The van der Waals surface area contributed by atoms with Gasteiger partial charge in [-0.25, -0.2) is 9.78 Å². The van der Waals surface area contributed by atoms with Gasteiger partial charge in [0, 0.05) is 5.39 Å². The number of nitrogens with one attached hydrogen (secondary N) is 1. The second-order valence-corrected chi connectivity index (χ2v) is 4.65. The van der Waals surface area contributed by atoms with Crippen LogP contribution in [-0.4, -0.2) is 41.7 Å². The third-order valence-electron chi connectivity index (χ3n) is 2.86. The lowest BCUT2D eigenvalue weighted by atomic mass is 10.1. The number of carbonyl (C=O) groups is 2. The van der Waals surface area contributed by atoms with Crippen LogP contribution in [0.1, 0.15) is 10.4 Å². The number of aromatic nitrogens is 1. The molecule has 0 aliphatic carbocycles. The summed E-state index contributed by atoms with van der Waals surface area (Å²) in [5.74, 6) is -1.27. The Hall–Kier alpha value is -2.18. The number of aliphatic hydroxyl groups excluding tert-OH is 1. The first kappa shape index (κ1) is 15.2. The fraction of sp³-hybridized carbons (Fsp3) is 0.214. The zero-order chi connectivity index (χ0) is 15.4. The lowest BCUT2D eigenvalue weighted by molar-refractivity contribution is -0.149. The van der Waals surface area contributed by atoms with Crippen molar-refractivity contribution in [3.63, 3.8) is 0 Å². The summed E-state index contributed by atoms with van der Waals surface area (Å²) in [5.41, 5.74) is 0.909. The molecule has 1 unspecified atom stereocenters. The first-order valence-electron chi connectivity index (χ1n) is 6.12. The monoisotopic (exact) mass is 308 g/mol. The zero-order valence-electron chi connectivity index (χ0n) is 11.2. The van der Waals surface area contributed by atoms with E-state index in [1.54, 1.807) is 24.3 Å². The molecule has 0 aliphatic rings. The highest BCUT2D eigenvalue weighted by molar-refractivity contribution is 6.30. The predicted molar refractivity (Wildman–Crippen MR) is 77.1 cm³/mol. The van der Waals surface area contributed by atoms with E-state index in [2.05, 4.69) is 15.0 Å². The van der Waals surface area contributed by atoms with Gasteiger partial charge in [0.25, 0.3) is 5.91 Å². The number of carbonyl (C=O) groups excluding carboxylic acids is 2. The van der Waals surface area contributed by atoms with E-state index in [1.807, 2.05) is 0 Å². The zero-order valence-corrected chi connectivity index (χ0v) is 11.9.